The topological polar surface area (TPSA) is 82.0 Å². The van der Waals surface area contributed by atoms with Crippen LogP contribution >= 0.6 is 11.6 Å². The van der Waals surface area contributed by atoms with Crippen LogP contribution in [-0.2, 0) is 15.1 Å². The predicted molar refractivity (Wildman–Crippen MR) is 150 cm³/mol. The van der Waals surface area contributed by atoms with Gasteiger partial charge in [0.1, 0.15) is 0 Å². The number of benzene rings is 1. The molecule has 0 bridgehead atoms. The third kappa shape index (κ3) is 8.93. The van der Waals surface area contributed by atoms with Crippen molar-refractivity contribution < 1.29 is 19.7 Å². The fraction of sp³-hybridized carbons (Fsp3) is 0.767. The molecule has 1 aliphatic carbocycles. The van der Waals surface area contributed by atoms with Crippen LogP contribution in [0.25, 0.3) is 0 Å². The van der Waals surface area contributed by atoms with Crippen LogP contribution in [0.4, 0.5) is 0 Å². The number of piperidine rings is 1. The molecule has 0 aromatic heterocycles. The Bertz CT molecular complexity index is 841. The Morgan fingerprint density at radius 3 is 2.73 bits per heavy atom. The number of aliphatic hydroxyl groups is 2. The highest BCUT2D eigenvalue weighted by molar-refractivity contribution is 6.30. The lowest BCUT2D eigenvalue weighted by atomic mass is 9.74. The van der Waals surface area contributed by atoms with Crippen molar-refractivity contribution in [3.63, 3.8) is 0 Å². The van der Waals surface area contributed by atoms with Gasteiger partial charge >= 0.3 is 0 Å². The van der Waals surface area contributed by atoms with Crippen LogP contribution in [0.1, 0.15) is 83.1 Å². The molecule has 6 nitrogen and oxygen atoms in total. The third-order valence-electron chi connectivity index (χ3n) is 8.74. The zero-order valence-electron chi connectivity index (χ0n) is 23.2. The molecule has 2 fully saturated rings. The zero-order valence-corrected chi connectivity index (χ0v) is 23.9. The van der Waals surface area contributed by atoms with Gasteiger partial charge in [0, 0.05) is 44.2 Å². The molecule has 0 unspecified atom stereocenters. The lowest BCUT2D eigenvalue weighted by Gasteiger charge is -2.43. The van der Waals surface area contributed by atoms with Crippen LogP contribution in [0.3, 0.4) is 0 Å². The zero-order chi connectivity index (χ0) is 26.9. The highest BCUT2D eigenvalue weighted by Gasteiger charge is 2.41. The van der Waals surface area contributed by atoms with E-state index in [4.69, 9.17) is 16.3 Å². The van der Waals surface area contributed by atoms with Gasteiger partial charge in [-0.2, -0.15) is 0 Å². The van der Waals surface area contributed by atoms with Crippen LogP contribution in [0.15, 0.2) is 24.3 Å². The fourth-order valence-electron chi connectivity index (χ4n) is 6.49. The van der Waals surface area contributed by atoms with E-state index in [0.717, 1.165) is 76.4 Å². The molecule has 3 N–H and O–H groups in total. The fourth-order valence-corrected chi connectivity index (χ4v) is 6.68. The number of nitrogens with one attached hydrogen (secondary N) is 1. The Balaban J connectivity index is 1.66. The normalized spacial score (nSPS) is 27.0. The van der Waals surface area contributed by atoms with Crippen molar-refractivity contribution in [2.75, 3.05) is 40.4 Å². The number of hydrogen-bond donors (Lipinski definition) is 3. The SMILES string of the molecule is CNC[C@@H](CC(=O)N1CCC[C@@H]([C@@](O)(CCCCOC)c2cccc(Cl)c2)C1)CC1CCC(C)(O)CC1. The summed E-state index contributed by atoms with van der Waals surface area (Å²) in [5.41, 5.74) is -0.712. The molecule has 3 rings (SSSR count). The van der Waals surface area contributed by atoms with Crippen molar-refractivity contribution in [3.05, 3.63) is 34.9 Å². The number of ether oxygens (including phenoxy) is 1. The van der Waals surface area contributed by atoms with E-state index in [1.807, 2.05) is 43.1 Å². The first kappa shape index (κ1) is 30.4. The summed E-state index contributed by atoms with van der Waals surface area (Å²) in [6, 6.07) is 7.58. The minimum atomic E-state index is -1.03. The monoisotopic (exact) mass is 536 g/mol. The number of unbranched alkanes of at least 4 members (excludes halogenated alkanes) is 1. The van der Waals surface area contributed by atoms with Gasteiger partial charge in [-0.15, -0.1) is 0 Å². The van der Waals surface area contributed by atoms with E-state index >= 15 is 0 Å². The van der Waals surface area contributed by atoms with E-state index < -0.39 is 11.2 Å². The van der Waals surface area contributed by atoms with Crippen LogP contribution < -0.4 is 5.32 Å². The number of carbonyl (C=O) groups excluding carboxylic acids is 1. The molecule has 210 valence electrons. The highest BCUT2D eigenvalue weighted by atomic mass is 35.5. The Hall–Kier alpha value is -1.18. The first-order chi connectivity index (χ1) is 17.7. The molecule has 1 aliphatic heterocycles. The number of hydrogen-bond acceptors (Lipinski definition) is 5. The van der Waals surface area contributed by atoms with Gasteiger partial charge in [0.15, 0.2) is 0 Å². The van der Waals surface area contributed by atoms with Gasteiger partial charge in [-0.3, -0.25) is 4.79 Å². The Kier molecular flexibility index (Phi) is 11.7. The molecule has 3 atom stereocenters. The number of halogens is 1. The molecule has 1 saturated carbocycles. The number of likely N-dealkylation sites (tertiary alicyclic amines) is 1. The van der Waals surface area contributed by atoms with Crippen molar-refractivity contribution in [1.82, 2.24) is 10.2 Å². The van der Waals surface area contributed by atoms with Crippen LogP contribution in [-0.4, -0.2) is 67.0 Å². The molecule has 1 aromatic rings. The summed E-state index contributed by atoms with van der Waals surface area (Å²) >= 11 is 6.32. The maximum atomic E-state index is 13.5. The largest absolute Gasteiger partial charge is 0.390 e. The van der Waals surface area contributed by atoms with Crippen molar-refractivity contribution in [1.29, 1.82) is 0 Å². The molecule has 1 aromatic carbocycles. The summed E-state index contributed by atoms with van der Waals surface area (Å²) in [6.45, 7) is 4.76. The Labute approximate surface area is 229 Å². The average molecular weight is 537 g/mol. The van der Waals surface area contributed by atoms with Gasteiger partial charge in [0.2, 0.25) is 5.91 Å². The van der Waals surface area contributed by atoms with E-state index in [1.54, 1.807) is 7.11 Å². The molecular formula is C30H49ClN2O4. The number of amides is 1. The number of methoxy groups -OCH3 is 1. The van der Waals surface area contributed by atoms with E-state index in [2.05, 4.69) is 5.32 Å². The molecule has 0 radical (unpaired) electrons. The summed E-state index contributed by atoms with van der Waals surface area (Å²) in [5, 5.41) is 26.3. The lowest BCUT2D eigenvalue weighted by Crippen LogP contribution is -2.48. The summed E-state index contributed by atoms with van der Waals surface area (Å²) in [6.07, 6.45) is 9.44. The summed E-state index contributed by atoms with van der Waals surface area (Å²) in [5.74, 6) is 1.02. The van der Waals surface area contributed by atoms with Crippen LogP contribution in [0, 0.1) is 17.8 Å². The predicted octanol–water partition coefficient (Wildman–Crippen LogP) is 5.14. The first-order valence-corrected chi connectivity index (χ1v) is 14.7. The maximum Gasteiger partial charge on any atom is 0.222 e. The number of carbonyl (C=O) groups is 1. The molecule has 1 saturated heterocycles. The third-order valence-corrected chi connectivity index (χ3v) is 8.97. The summed E-state index contributed by atoms with van der Waals surface area (Å²) in [7, 11) is 3.65. The summed E-state index contributed by atoms with van der Waals surface area (Å²) < 4.78 is 5.22. The molecule has 1 amide bonds. The van der Waals surface area contributed by atoms with Crippen LogP contribution in [0.2, 0.25) is 5.02 Å². The van der Waals surface area contributed by atoms with E-state index in [1.165, 1.54) is 0 Å². The van der Waals surface area contributed by atoms with Crippen molar-refractivity contribution in [2.45, 2.75) is 88.8 Å². The Morgan fingerprint density at radius 1 is 1.30 bits per heavy atom. The first-order valence-electron chi connectivity index (χ1n) is 14.3. The van der Waals surface area contributed by atoms with Gasteiger partial charge in [-0.1, -0.05) is 23.7 Å². The van der Waals surface area contributed by atoms with Crippen molar-refractivity contribution in [2.24, 2.45) is 17.8 Å². The van der Waals surface area contributed by atoms with Gasteiger partial charge in [-0.25, -0.2) is 0 Å². The van der Waals surface area contributed by atoms with Crippen molar-refractivity contribution >= 4 is 17.5 Å². The standard InChI is InChI=1S/C30H49ClN2O4/c1-29(35)14-11-23(12-15-29)18-24(21-32-2)19-28(34)33-16-7-9-26(22-33)30(36,13-4-5-17-37-3)25-8-6-10-27(31)20-25/h6,8,10,20,23-24,26,32,35-36H,4-5,7,9,11-19,21-22H2,1-3H3/t23?,24-,26-,29?,30-/m1/s1. The molecule has 2 aliphatic rings. The minimum Gasteiger partial charge on any atom is -0.390 e. The second kappa shape index (κ2) is 14.3. The molecule has 0 spiro atoms. The summed E-state index contributed by atoms with van der Waals surface area (Å²) in [4.78, 5) is 15.5. The van der Waals surface area contributed by atoms with Gasteiger partial charge in [0.05, 0.1) is 11.2 Å². The lowest BCUT2D eigenvalue weighted by molar-refractivity contribution is -0.138. The molecule has 7 heteroatoms. The van der Waals surface area contributed by atoms with E-state index in [0.29, 0.717) is 36.9 Å². The van der Waals surface area contributed by atoms with E-state index in [-0.39, 0.29) is 17.7 Å². The van der Waals surface area contributed by atoms with Crippen molar-refractivity contribution in [3.8, 4) is 0 Å². The smallest absolute Gasteiger partial charge is 0.222 e. The molecule has 37 heavy (non-hydrogen) atoms. The molecule has 1 heterocycles. The maximum absolute atomic E-state index is 13.5. The second-order valence-electron chi connectivity index (χ2n) is 11.9. The second-order valence-corrected chi connectivity index (χ2v) is 12.3. The van der Waals surface area contributed by atoms with Crippen LogP contribution in [0.5, 0.6) is 0 Å². The highest BCUT2D eigenvalue weighted by Crippen LogP contribution is 2.41. The van der Waals surface area contributed by atoms with Gasteiger partial charge in [-0.05, 0) is 114 Å². The van der Waals surface area contributed by atoms with Gasteiger partial charge < -0.3 is 25.2 Å². The number of nitrogens with zero attached hydrogens (tertiary/aromatic N) is 1. The quantitative estimate of drug-likeness (QED) is 0.304. The molecular weight excluding hydrogens is 488 g/mol. The van der Waals surface area contributed by atoms with Gasteiger partial charge in [0.25, 0.3) is 0 Å². The minimum absolute atomic E-state index is 0.0328. The number of rotatable bonds is 13. The van der Waals surface area contributed by atoms with E-state index in [9.17, 15) is 15.0 Å². The Morgan fingerprint density at radius 2 is 2.05 bits per heavy atom. The average Bonchev–Trinajstić information content (AvgIpc) is 2.88.